The topological polar surface area (TPSA) is 12.0 Å². The lowest BCUT2D eigenvalue weighted by atomic mass is 9.99. The van der Waals surface area contributed by atoms with Crippen molar-refractivity contribution in [3.8, 4) is 0 Å². The van der Waals surface area contributed by atoms with Crippen LogP contribution in [0.2, 0.25) is 0 Å². The average Bonchev–Trinajstić information content (AvgIpc) is 3.00. The summed E-state index contributed by atoms with van der Waals surface area (Å²) >= 11 is 0. The second-order valence-corrected chi connectivity index (χ2v) is 6.32. The zero-order valence-corrected chi connectivity index (χ0v) is 13.1. The van der Waals surface area contributed by atoms with E-state index in [0.717, 1.165) is 6.54 Å². The molecule has 0 aromatic heterocycles. The zero-order valence-electron chi connectivity index (χ0n) is 13.1. The van der Waals surface area contributed by atoms with E-state index in [1.165, 1.54) is 30.4 Å². The van der Waals surface area contributed by atoms with E-state index in [4.69, 9.17) is 0 Å². The largest absolute Gasteiger partial charge is 0.310 e. The molecule has 0 aliphatic heterocycles. The maximum Gasteiger partial charge on any atom is 0.0292 e. The summed E-state index contributed by atoms with van der Waals surface area (Å²) in [4.78, 5) is 0. The number of aryl methyl sites for hydroxylation is 2. The fourth-order valence-corrected chi connectivity index (χ4v) is 3.23. The van der Waals surface area contributed by atoms with E-state index in [9.17, 15) is 0 Å². The predicted octanol–water partition coefficient (Wildman–Crippen LogP) is 4.63. The Morgan fingerprint density at radius 1 is 0.905 bits per heavy atom. The van der Waals surface area contributed by atoms with E-state index in [-0.39, 0.29) is 0 Å². The molecule has 1 aliphatic carbocycles. The maximum atomic E-state index is 3.69. The fourth-order valence-electron chi connectivity index (χ4n) is 3.23. The SMILES string of the molecule is CC(CNC(C)c1ccc2c(c1)CCC2)c1ccccc1. The van der Waals surface area contributed by atoms with Crippen molar-refractivity contribution in [1.82, 2.24) is 5.32 Å². The molecule has 2 aromatic rings. The van der Waals surface area contributed by atoms with E-state index in [1.54, 1.807) is 11.1 Å². The van der Waals surface area contributed by atoms with E-state index in [0.29, 0.717) is 12.0 Å². The summed E-state index contributed by atoms with van der Waals surface area (Å²) in [6, 6.07) is 18.2. The molecule has 1 heteroatoms. The van der Waals surface area contributed by atoms with Crippen molar-refractivity contribution < 1.29 is 0 Å². The van der Waals surface area contributed by atoms with Gasteiger partial charge in [-0.1, -0.05) is 55.5 Å². The highest BCUT2D eigenvalue weighted by molar-refractivity contribution is 5.36. The lowest BCUT2D eigenvalue weighted by Crippen LogP contribution is -2.23. The first-order chi connectivity index (χ1) is 10.2. The van der Waals surface area contributed by atoms with Crippen LogP contribution >= 0.6 is 0 Å². The van der Waals surface area contributed by atoms with Crippen molar-refractivity contribution in [1.29, 1.82) is 0 Å². The molecule has 0 saturated heterocycles. The molecule has 0 heterocycles. The molecule has 2 atom stereocenters. The minimum Gasteiger partial charge on any atom is -0.310 e. The van der Waals surface area contributed by atoms with Crippen LogP contribution in [0.25, 0.3) is 0 Å². The van der Waals surface area contributed by atoms with E-state index in [1.807, 2.05) is 0 Å². The van der Waals surface area contributed by atoms with Crippen LogP contribution in [-0.4, -0.2) is 6.54 Å². The molecule has 21 heavy (non-hydrogen) atoms. The summed E-state index contributed by atoms with van der Waals surface area (Å²) < 4.78 is 0. The summed E-state index contributed by atoms with van der Waals surface area (Å²) in [5, 5.41) is 3.69. The van der Waals surface area contributed by atoms with E-state index >= 15 is 0 Å². The number of hydrogen-bond donors (Lipinski definition) is 1. The lowest BCUT2D eigenvalue weighted by Gasteiger charge is -2.19. The molecule has 2 unspecified atom stereocenters. The number of nitrogens with one attached hydrogen (secondary N) is 1. The summed E-state index contributed by atoms with van der Waals surface area (Å²) in [5.41, 5.74) is 5.96. The van der Waals surface area contributed by atoms with Crippen LogP contribution in [0.4, 0.5) is 0 Å². The van der Waals surface area contributed by atoms with Crippen LogP contribution in [0.5, 0.6) is 0 Å². The smallest absolute Gasteiger partial charge is 0.0292 e. The number of fused-ring (bicyclic) bond motifs is 1. The highest BCUT2D eigenvalue weighted by Gasteiger charge is 2.14. The van der Waals surface area contributed by atoms with Crippen LogP contribution in [-0.2, 0) is 12.8 Å². The number of benzene rings is 2. The van der Waals surface area contributed by atoms with Crippen LogP contribution in [0, 0.1) is 0 Å². The third-order valence-electron chi connectivity index (χ3n) is 4.72. The summed E-state index contributed by atoms with van der Waals surface area (Å²) in [7, 11) is 0. The van der Waals surface area contributed by atoms with Gasteiger partial charge >= 0.3 is 0 Å². The zero-order chi connectivity index (χ0) is 14.7. The van der Waals surface area contributed by atoms with Crippen LogP contribution in [0.15, 0.2) is 48.5 Å². The third kappa shape index (κ3) is 3.36. The van der Waals surface area contributed by atoms with Gasteiger partial charge in [-0.2, -0.15) is 0 Å². The molecule has 1 N–H and O–H groups in total. The van der Waals surface area contributed by atoms with Gasteiger partial charge in [0.1, 0.15) is 0 Å². The second kappa shape index (κ2) is 6.44. The molecule has 2 aromatic carbocycles. The normalized spacial score (nSPS) is 16.5. The quantitative estimate of drug-likeness (QED) is 0.841. The first-order valence-corrected chi connectivity index (χ1v) is 8.14. The van der Waals surface area contributed by atoms with Crippen LogP contribution in [0.3, 0.4) is 0 Å². The van der Waals surface area contributed by atoms with Gasteiger partial charge in [-0.05, 0) is 54.4 Å². The van der Waals surface area contributed by atoms with Crippen molar-refractivity contribution in [2.75, 3.05) is 6.54 Å². The maximum absolute atomic E-state index is 3.69. The summed E-state index contributed by atoms with van der Waals surface area (Å²) in [5.74, 6) is 0.545. The van der Waals surface area contributed by atoms with Crippen molar-refractivity contribution in [3.05, 3.63) is 70.8 Å². The highest BCUT2D eigenvalue weighted by atomic mass is 14.9. The van der Waals surface area contributed by atoms with E-state index in [2.05, 4.69) is 67.7 Å². The molecule has 3 rings (SSSR count). The molecule has 1 aliphatic rings. The Morgan fingerprint density at radius 2 is 1.67 bits per heavy atom. The van der Waals surface area contributed by atoms with Gasteiger partial charge in [0.2, 0.25) is 0 Å². The van der Waals surface area contributed by atoms with Gasteiger partial charge in [0.15, 0.2) is 0 Å². The van der Waals surface area contributed by atoms with Crippen molar-refractivity contribution in [3.63, 3.8) is 0 Å². The molecule has 110 valence electrons. The minimum atomic E-state index is 0.419. The average molecular weight is 279 g/mol. The highest BCUT2D eigenvalue weighted by Crippen LogP contribution is 2.25. The molecule has 1 nitrogen and oxygen atoms in total. The Bertz CT molecular complexity index is 588. The minimum absolute atomic E-state index is 0.419. The Morgan fingerprint density at radius 3 is 2.48 bits per heavy atom. The first-order valence-electron chi connectivity index (χ1n) is 8.14. The van der Waals surface area contributed by atoms with Gasteiger partial charge in [-0.3, -0.25) is 0 Å². The first kappa shape index (κ1) is 14.3. The fraction of sp³-hybridized carbons (Fsp3) is 0.400. The Labute approximate surface area is 128 Å². The van der Waals surface area contributed by atoms with Crippen LogP contribution in [0.1, 0.15) is 54.5 Å². The summed E-state index contributed by atoms with van der Waals surface area (Å²) in [6.45, 7) is 5.58. The van der Waals surface area contributed by atoms with Crippen molar-refractivity contribution in [2.24, 2.45) is 0 Å². The van der Waals surface area contributed by atoms with Gasteiger partial charge in [-0.25, -0.2) is 0 Å². The van der Waals surface area contributed by atoms with Gasteiger partial charge in [0.25, 0.3) is 0 Å². The Kier molecular flexibility index (Phi) is 4.40. The second-order valence-electron chi connectivity index (χ2n) is 6.32. The molecule has 0 fully saturated rings. The Balaban J connectivity index is 1.60. The van der Waals surface area contributed by atoms with E-state index < -0.39 is 0 Å². The van der Waals surface area contributed by atoms with Gasteiger partial charge in [-0.15, -0.1) is 0 Å². The molecule has 0 radical (unpaired) electrons. The monoisotopic (exact) mass is 279 g/mol. The van der Waals surface area contributed by atoms with Gasteiger partial charge < -0.3 is 5.32 Å². The molecule has 0 amide bonds. The molecule has 0 saturated carbocycles. The van der Waals surface area contributed by atoms with Crippen molar-refractivity contribution >= 4 is 0 Å². The number of hydrogen-bond acceptors (Lipinski definition) is 1. The predicted molar refractivity (Wildman–Crippen MR) is 89.7 cm³/mol. The van der Waals surface area contributed by atoms with Crippen LogP contribution < -0.4 is 5.32 Å². The number of rotatable bonds is 5. The third-order valence-corrected chi connectivity index (χ3v) is 4.72. The summed E-state index contributed by atoms with van der Waals surface area (Å²) in [6.07, 6.45) is 3.85. The van der Waals surface area contributed by atoms with Gasteiger partial charge in [0.05, 0.1) is 0 Å². The molecular weight excluding hydrogens is 254 g/mol. The lowest BCUT2D eigenvalue weighted by molar-refractivity contribution is 0.537. The van der Waals surface area contributed by atoms with Crippen molar-refractivity contribution in [2.45, 2.75) is 45.1 Å². The standard InChI is InChI=1S/C20H25N/c1-15(17-7-4-3-5-8-17)14-21-16(2)19-12-11-18-9-6-10-20(18)13-19/h3-5,7-8,11-13,15-16,21H,6,9-10,14H2,1-2H3. The molecule has 0 spiro atoms. The molecule has 0 bridgehead atoms. The Hall–Kier alpha value is -1.60. The molecular formula is C20H25N. The van der Waals surface area contributed by atoms with Gasteiger partial charge in [0, 0.05) is 12.6 Å².